The summed E-state index contributed by atoms with van der Waals surface area (Å²) < 4.78 is 13.6. The molecule has 1 aromatic heterocycles. The number of hydrazone groups is 1. The molecule has 0 spiro atoms. The molecule has 0 aliphatic heterocycles. The number of aromatic nitrogens is 1. The van der Waals surface area contributed by atoms with Gasteiger partial charge in [-0.05, 0) is 151 Å². The lowest BCUT2D eigenvalue weighted by molar-refractivity contribution is -0.118. The fourth-order valence-electron chi connectivity index (χ4n) is 9.97. The Morgan fingerprint density at radius 1 is 0.719 bits per heavy atom. The van der Waals surface area contributed by atoms with Gasteiger partial charge in [-0.25, -0.2) is 5.43 Å². The number of hydrogen-bond acceptors (Lipinski definition) is 5. The molecular formula is C49H46N4O4. The summed E-state index contributed by atoms with van der Waals surface area (Å²) >= 11 is 0. The molecule has 2 amide bonds. The summed E-state index contributed by atoms with van der Waals surface area (Å²) in [6.07, 6.45) is 9.76. The lowest BCUT2D eigenvalue weighted by Gasteiger charge is -2.57. The standard InChI is InChI=1S/C49H46N4O4/c1-56-46-27-33(12-23-45(46)57-32-47(54)51-41-17-15-40(16-18-41)49-28-34-24-35(29-49)26-36(25-34)30-49)31-50-52-48(55)39-13-19-42(20-14-39)53-43(37-8-4-2-5-9-37)21-22-44(53)38-10-6-3-7-11-38/h2-23,27,31,34-36H,24-26,28-30,32H2,1H3,(H,51,54)(H,52,55)/b50-31-. The van der Waals surface area contributed by atoms with Crippen LogP contribution in [0.3, 0.4) is 0 Å². The van der Waals surface area contributed by atoms with Crippen LogP contribution in [0.2, 0.25) is 0 Å². The van der Waals surface area contributed by atoms with E-state index in [1.807, 2.05) is 60.7 Å². The Hall–Kier alpha value is -6.41. The zero-order chi connectivity index (χ0) is 38.8. The van der Waals surface area contributed by atoms with Crippen molar-refractivity contribution in [2.75, 3.05) is 19.0 Å². The van der Waals surface area contributed by atoms with Gasteiger partial charge in [0.2, 0.25) is 0 Å². The summed E-state index contributed by atoms with van der Waals surface area (Å²) in [7, 11) is 1.54. The molecule has 0 unspecified atom stereocenters. The van der Waals surface area contributed by atoms with Gasteiger partial charge >= 0.3 is 0 Å². The highest BCUT2D eigenvalue weighted by Gasteiger charge is 2.51. The average Bonchev–Trinajstić information content (AvgIpc) is 3.69. The quantitative estimate of drug-likeness (QED) is 0.0961. The van der Waals surface area contributed by atoms with Crippen molar-refractivity contribution in [3.05, 3.63) is 156 Å². The Morgan fingerprint density at radius 2 is 1.32 bits per heavy atom. The van der Waals surface area contributed by atoms with Crippen LogP contribution < -0.4 is 20.2 Å². The monoisotopic (exact) mass is 754 g/mol. The van der Waals surface area contributed by atoms with Gasteiger partial charge in [-0.2, -0.15) is 5.10 Å². The molecule has 8 nitrogen and oxygen atoms in total. The van der Waals surface area contributed by atoms with Crippen LogP contribution in [0.4, 0.5) is 5.69 Å². The number of benzene rings is 5. The minimum atomic E-state index is -0.336. The number of ether oxygens (including phenoxy) is 2. The van der Waals surface area contributed by atoms with Crippen molar-refractivity contribution in [3.63, 3.8) is 0 Å². The van der Waals surface area contributed by atoms with Gasteiger partial charge in [-0.3, -0.25) is 9.59 Å². The molecular weight excluding hydrogens is 709 g/mol. The first kappa shape index (κ1) is 36.2. The molecule has 286 valence electrons. The van der Waals surface area contributed by atoms with Gasteiger partial charge in [0.05, 0.1) is 24.7 Å². The van der Waals surface area contributed by atoms with Gasteiger partial charge in [0, 0.05) is 16.9 Å². The molecule has 10 rings (SSSR count). The molecule has 1 heterocycles. The fraction of sp³-hybridized carbons (Fsp3) is 0.245. The molecule has 0 saturated heterocycles. The van der Waals surface area contributed by atoms with Crippen LogP contribution in [-0.2, 0) is 10.2 Å². The van der Waals surface area contributed by atoms with Gasteiger partial charge in [0.1, 0.15) is 0 Å². The first-order chi connectivity index (χ1) is 27.9. The maximum atomic E-state index is 13.1. The number of carbonyl (C=O) groups is 2. The first-order valence-electron chi connectivity index (χ1n) is 19.9. The van der Waals surface area contributed by atoms with Crippen molar-refractivity contribution < 1.29 is 19.1 Å². The van der Waals surface area contributed by atoms with E-state index in [-0.39, 0.29) is 18.4 Å². The van der Waals surface area contributed by atoms with E-state index in [2.05, 4.69) is 68.9 Å². The molecule has 6 aromatic rings. The Morgan fingerprint density at radius 3 is 1.89 bits per heavy atom. The van der Waals surface area contributed by atoms with Gasteiger partial charge in [-0.15, -0.1) is 0 Å². The van der Waals surface area contributed by atoms with Crippen LogP contribution in [0.5, 0.6) is 11.5 Å². The number of rotatable bonds is 12. The van der Waals surface area contributed by atoms with Gasteiger partial charge in [-0.1, -0.05) is 72.8 Å². The Labute approximate surface area is 333 Å². The summed E-state index contributed by atoms with van der Waals surface area (Å²) in [5.74, 6) is 2.97. The number of methoxy groups -OCH3 is 1. The van der Waals surface area contributed by atoms with E-state index in [1.165, 1.54) is 50.3 Å². The van der Waals surface area contributed by atoms with Crippen molar-refractivity contribution in [1.29, 1.82) is 0 Å². The number of carbonyl (C=O) groups excluding carboxylic acids is 2. The van der Waals surface area contributed by atoms with E-state index in [9.17, 15) is 9.59 Å². The van der Waals surface area contributed by atoms with Crippen LogP contribution in [0, 0.1) is 17.8 Å². The first-order valence-corrected chi connectivity index (χ1v) is 19.9. The summed E-state index contributed by atoms with van der Waals surface area (Å²) in [6, 6.07) is 46.0. The topological polar surface area (TPSA) is 93.9 Å². The third-order valence-corrected chi connectivity index (χ3v) is 12.2. The summed E-state index contributed by atoms with van der Waals surface area (Å²) in [6.45, 7) is -0.166. The molecule has 4 aliphatic rings. The third kappa shape index (κ3) is 7.60. The van der Waals surface area contributed by atoms with Gasteiger partial charge in [0.15, 0.2) is 18.1 Å². The van der Waals surface area contributed by atoms with E-state index in [1.54, 1.807) is 37.4 Å². The molecule has 0 atom stereocenters. The number of nitrogens with one attached hydrogen (secondary N) is 2. The molecule has 2 N–H and O–H groups in total. The molecule has 8 heteroatoms. The van der Waals surface area contributed by atoms with Crippen molar-refractivity contribution in [2.24, 2.45) is 22.9 Å². The number of nitrogens with zero attached hydrogens (tertiary/aromatic N) is 2. The maximum Gasteiger partial charge on any atom is 0.271 e. The van der Waals surface area contributed by atoms with Crippen LogP contribution in [-0.4, -0.2) is 36.3 Å². The average molecular weight is 755 g/mol. The van der Waals surface area contributed by atoms with E-state index in [0.717, 1.165) is 51.6 Å². The second kappa shape index (κ2) is 15.6. The number of anilines is 1. The SMILES string of the molecule is COc1cc(/C=N\NC(=O)c2ccc(-n3c(-c4ccccc4)ccc3-c3ccccc3)cc2)ccc1OCC(=O)Nc1ccc(C23CC4CC(CC(C4)C2)C3)cc1. The Bertz CT molecular complexity index is 2310. The molecule has 4 bridgehead atoms. The minimum Gasteiger partial charge on any atom is -0.493 e. The predicted octanol–water partition coefficient (Wildman–Crippen LogP) is 10.1. The van der Waals surface area contributed by atoms with Crippen molar-refractivity contribution in [1.82, 2.24) is 9.99 Å². The molecule has 0 radical (unpaired) electrons. The zero-order valence-electron chi connectivity index (χ0n) is 32.1. The Kier molecular flexibility index (Phi) is 9.93. The molecule has 4 aliphatic carbocycles. The lowest BCUT2D eigenvalue weighted by Crippen LogP contribution is -2.48. The molecule has 4 fully saturated rings. The molecule has 4 saturated carbocycles. The number of amides is 2. The van der Waals surface area contributed by atoms with E-state index in [4.69, 9.17) is 9.47 Å². The molecule has 57 heavy (non-hydrogen) atoms. The van der Waals surface area contributed by atoms with Crippen LogP contribution in [0.25, 0.3) is 28.2 Å². The lowest BCUT2D eigenvalue weighted by atomic mass is 9.48. The molecule has 5 aromatic carbocycles. The second-order valence-corrected chi connectivity index (χ2v) is 15.9. The summed E-state index contributed by atoms with van der Waals surface area (Å²) in [5.41, 5.74) is 11.6. The third-order valence-electron chi connectivity index (χ3n) is 12.2. The highest BCUT2D eigenvalue weighted by Crippen LogP contribution is 2.60. The van der Waals surface area contributed by atoms with Crippen molar-refractivity contribution in [3.8, 4) is 39.7 Å². The Balaban J connectivity index is 0.802. The largest absolute Gasteiger partial charge is 0.493 e. The van der Waals surface area contributed by atoms with Crippen LogP contribution in [0.1, 0.15) is 60.0 Å². The van der Waals surface area contributed by atoms with Crippen molar-refractivity contribution in [2.45, 2.75) is 43.9 Å². The highest BCUT2D eigenvalue weighted by atomic mass is 16.5. The van der Waals surface area contributed by atoms with Crippen LogP contribution in [0.15, 0.2) is 145 Å². The maximum absolute atomic E-state index is 13.1. The summed E-state index contributed by atoms with van der Waals surface area (Å²) in [5, 5.41) is 7.17. The van der Waals surface area contributed by atoms with E-state index >= 15 is 0 Å². The van der Waals surface area contributed by atoms with Gasteiger partial charge < -0.3 is 19.4 Å². The predicted molar refractivity (Wildman–Crippen MR) is 225 cm³/mol. The zero-order valence-corrected chi connectivity index (χ0v) is 32.1. The highest BCUT2D eigenvalue weighted by molar-refractivity contribution is 5.95. The van der Waals surface area contributed by atoms with Crippen LogP contribution >= 0.6 is 0 Å². The second-order valence-electron chi connectivity index (χ2n) is 15.9. The summed E-state index contributed by atoms with van der Waals surface area (Å²) in [4.78, 5) is 26.0. The normalized spacial score (nSPS) is 20.7. The van der Waals surface area contributed by atoms with E-state index in [0.29, 0.717) is 28.0 Å². The van der Waals surface area contributed by atoms with Gasteiger partial charge in [0.25, 0.3) is 11.8 Å². The van der Waals surface area contributed by atoms with E-state index < -0.39 is 0 Å². The fourth-order valence-corrected chi connectivity index (χ4v) is 9.97. The smallest absolute Gasteiger partial charge is 0.271 e. The number of hydrogen-bond donors (Lipinski definition) is 2. The van der Waals surface area contributed by atoms with Crippen molar-refractivity contribution >= 4 is 23.7 Å². The minimum absolute atomic E-state index is 0.166.